The Hall–Kier alpha value is -3.40. The molecule has 0 saturated heterocycles. The van der Waals surface area contributed by atoms with Gasteiger partial charge in [0.2, 0.25) is 5.82 Å². The van der Waals surface area contributed by atoms with Gasteiger partial charge in [-0.3, -0.25) is 0 Å². The SMILES string of the molecule is CCCCCCOc1ccc(-c2ccc(-c3noc(-c4ccc(CCC)cc4)n3)cc2)cc1. The van der Waals surface area contributed by atoms with Crippen LogP contribution in [0.3, 0.4) is 0 Å². The number of hydrogen-bond donors (Lipinski definition) is 0. The smallest absolute Gasteiger partial charge is 0.258 e. The lowest BCUT2D eigenvalue weighted by atomic mass is 10.0. The van der Waals surface area contributed by atoms with Crippen LogP contribution in [0.25, 0.3) is 34.0 Å². The van der Waals surface area contributed by atoms with E-state index in [2.05, 4.69) is 60.4 Å². The van der Waals surface area contributed by atoms with E-state index in [1.165, 1.54) is 24.8 Å². The van der Waals surface area contributed by atoms with Crippen molar-refractivity contribution in [3.05, 3.63) is 78.4 Å². The van der Waals surface area contributed by atoms with Gasteiger partial charge < -0.3 is 9.26 Å². The first-order valence-corrected chi connectivity index (χ1v) is 12.0. The van der Waals surface area contributed by atoms with Crippen LogP contribution in [-0.2, 0) is 6.42 Å². The number of ether oxygens (including phenoxy) is 1. The quantitative estimate of drug-likeness (QED) is 0.222. The fraction of sp³-hybridized carbons (Fsp3) is 0.310. The predicted octanol–water partition coefficient (Wildman–Crippen LogP) is 7.98. The van der Waals surface area contributed by atoms with Crippen molar-refractivity contribution in [2.45, 2.75) is 52.4 Å². The number of aromatic nitrogens is 2. The minimum atomic E-state index is 0.544. The average Bonchev–Trinajstić information content (AvgIpc) is 3.36. The van der Waals surface area contributed by atoms with E-state index in [-0.39, 0.29) is 0 Å². The minimum absolute atomic E-state index is 0.544. The first-order valence-electron chi connectivity index (χ1n) is 12.0. The third kappa shape index (κ3) is 6.10. The molecule has 0 aliphatic rings. The van der Waals surface area contributed by atoms with Gasteiger partial charge in [0.15, 0.2) is 0 Å². The van der Waals surface area contributed by atoms with Gasteiger partial charge in [-0.15, -0.1) is 0 Å². The highest BCUT2D eigenvalue weighted by Crippen LogP contribution is 2.27. The van der Waals surface area contributed by atoms with Crippen LogP contribution in [0.1, 0.15) is 51.5 Å². The fourth-order valence-corrected chi connectivity index (χ4v) is 3.83. The van der Waals surface area contributed by atoms with Gasteiger partial charge in [0, 0.05) is 11.1 Å². The maximum absolute atomic E-state index is 5.85. The minimum Gasteiger partial charge on any atom is -0.494 e. The molecule has 0 bridgehead atoms. The van der Waals surface area contributed by atoms with Gasteiger partial charge in [0.05, 0.1) is 6.61 Å². The Morgan fingerprint density at radius 3 is 1.97 bits per heavy atom. The summed E-state index contributed by atoms with van der Waals surface area (Å²) in [6.45, 7) is 5.19. The monoisotopic (exact) mass is 440 g/mol. The molecular formula is C29H32N2O2. The zero-order chi connectivity index (χ0) is 22.9. The topological polar surface area (TPSA) is 48.2 Å². The molecule has 4 heteroatoms. The molecule has 4 aromatic rings. The van der Waals surface area contributed by atoms with Crippen LogP contribution in [-0.4, -0.2) is 16.7 Å². The maximum atomic E-state index is 5.85. The molecule has 3 aromatic carbocycles. The van der Waals surface area contributed by atoms with E-state index in [9.17, 15) is 0 Å². The van der Waals surface area contributed by atoms with Crippen molar-refractivity contribution in [2.75, 3.05) is 6.61 Å². The zero-order valence-electron chi connectivity index (χ0n) is 19.6. The number of benzene rings is 3. The molecule has 1 aromatic heterocycles. The Balaban J connectivity index is 1.38. The van der Waals surface area contributed by atoms with Crippen molar-refractivity contribution in [2.24, 2.45) is 0 Å². The van der Waals surface area contributed by atoms with Crippen LogP contribution in [0.4, 0.5) is 0 Å². The van der Waals surface area contributed by atoms with Crippen molar-refractivity contribution < 1.29 is 9.26 Å². The molecular weight excluding hydrogens is 408 g/mol. The normalized spacial score (nSPS) is 11.0. The average molecular weight is 441 g/mol. The van der Waals surface area contributed by atoms with Gasteiger partial charge in [0.25, 0.3) is 5.89 Å². The summed E-state index contributed by atoms with van der Waals surface area (Å²) in [5.41, 5.74) is 5.49. The molecule has 0 saturated carbocycles. The third-order valence-electron chi connectivity index (χ3n) is 5.76. The van der Waals surface area contributed by atoms with E-state index in [1.807, 2.05) is 36.4 Å². The van der Waals surface area contributed by atoms with Crippen LogP contribution < -0.4 is 4.74 Å². The third-order valence-corrected chi connectivity index (χ3v) is 5.76. The molecule has 0 radical (unpaired) electrons. The van der Waals surface area contributed by atoms with Crippen molar-refractivity contribution in [3.8, 4) is 39.7 Å². The van der Waals surface area contributed by atoms with Crippen LogP contribution in [0, 0.1) is 0 Å². The number of rotatable bonds is 11. The number of aryl methyl sites for hydroxylation is 1. The number of unbranched alkanes of at least 4 members (excludes halogenated alkanes) is 3. The van der Waals surface area contributed by atoms with Crippen LogP contribution in [0.15, 0.2) is 77.3 Å². The molecule has 0 unspecified atom stereocenters. The molecule has 4 nitrogen and oxygen atoms in total. The number of nitrogens with zero attached hydrogens (tertiary/aromatic N) is 2. The summed E-state index contributed by atoms with van der Waals surface area (Å²) < 4.78 is 11.4. The molecule has 0 N–H and O–H groups in total. The van der Waals surface area contributed by atoms with Crippen molar-refractivity contribution >= 4 is 0 Å². The van der Waals surface area contributed by atoms with Crippen molar-refractivity contribution in [1.29, 1.82) is 0 Å². The largest absolute Gasteiger partial charge is 0.494 e. The molecule has 170 valence electrons. The Kier molecular flexibility index (Phi) is 7.91. The molecule has 0 aliphatic heterocycles. The highest BCUT2D eigenvalue weighted by atomic mass is 16.5. The molecule has 0 spiro atoms. The standard InChI is InChI=1S/C29H32N2O2/c1-3-5-6-7-21-32-27-19-17-24(18-20-27)23-13-15-25(16-14-23)28-30-29(33-31-28)26-11-9-22(8-4-2)10-12-26/h9-20H,3-8,21H2,1-2H3. The highest BCUT2D eigenvalue weighted by molar-refractivity contribution is 5.68. The van der Waals surface area contributed by atoms with Gasteiger partial charge in [-0.2, -0.15) is 4.98 Å². The van der Waals surface area contributed by atoms with E-state index < -0.39 is 0 Å². The van der Waals surface area contributed by atoms with Gasteiger partial charge in [-0.1, -0.05) is 93.2 Å². The van der Waals surface area contributed by atoms with E-state index in [0.717, 1.165) is 53.9 Å². The second-order valence-electron chi connectivity index (χ2n) is 8.38. The van der Waals surface area contributed by atoms with Gasteiger partial charge in [-0.25, -0.2) is 0 Å². The molecule has 0 fully saturated rings. The Labute approximate surface area is 196 Å². The Morgan fingerprint density at radius 2 is 1.30 bits per heavy atom. The zero-order valence-corrected chi connectivity index (χ0v) is 19.6. The summed E-state index contributed by atoms with van der Waals surface area (Å²) in [5, 5.41) is 4.18. The molecule has 33 heavy (non-hydrogen) atoms. The Morgan fingerprint density at radius 1 is 0.667 bits per heavy atom. The van der Waals surface area contributed by atoms with Gasteiger partial charge >= 0.3 is 0 Å². The van der Waals surface area contributed by atoms with E-state index in [4.69, 9.17) is 9.26 Å². The van der Waals surface area contributed by atoms with E-state index in [0.29, 0.717) is 11.7 Å². The fourth-order valence-electron chi connectivity index (χ4n) is 3.83. The van der Waals surface area contributed by atoms with Crippen LogP contribution >= 0.6 is 0 Å². The maximum Gasteiger partial charge on any atom is 0.258 e. The van der Waals surface area contributed by atoms with Crippen molar-refractivity contribution in [3.63, 3.8) is 0 Å². The predicted molar refractivity (Wildman–Crippen MR) is 134 cm³/mol. The molecule has 1 heterocycles. The van der Waals surface area contributed by atoms with Gasteiger partial charge in [-0.05, 0) is 53.8 Å². The first kappa shape index (κ1) is 22.8. The highest BCUT2D eigenvalue weighted by Gasteiger charge is 2.11. The van der Waals surface area contributed by atoms with Crippen LogP contribution in [0.5, 0.6) is 5.75 Å². The molecule has 0 aliphatic carbocycles. The lowest BCUT2D eigenvalue weighted by molar-refractivity contribution is 0.305. The lowest BCUT2D eigenvalue weighted by Crippen LogP contribution is -1.96. The summed E-state index contributed by atoms with van der Waals surface area (Å²) in [4.78, 5) is 4.59. The van der Waals surface area contributed by atoms with E-state index in [1.54, 1.807) is 0 Å². The molecule has 0 atom stereocenters. The Bertz CT molecular complexity index is 1110. The molecule has 4 rings (SSSR count). The summed E-state index contributed by atoms with van der Waals surface area (Å²) in [6.07, 6.45) is 7.07. The number of hydrogen-bond acceptors (Lipinski definition) is 4. The van der Waals surface area contributed by atoms with E-state index >= 15 is 0 Å². The van der Waals surface area contributed by atoms with Crippen molar-refractivity contribution in [1.82, 2.24) is 10.1 Å². The lowest BCUT2D eigenvalue weighted by Gasteiger charge is -2.07. The second kappa shape index (κ2) is 11.5. The second-order valence-corrected chi connectivity index (χ2v) is 8.38. The summed E-state index contributed by atoms with van der Waals surface area (Å²) in [6, 6.07) is 24.9. The first-order chi connectivity index (χ1) is 16.3. The summed E-state index contributed by atoms with van der Waals surface area (Å²) >= 11 is 0. The summed E-state index contributed by atoms with van der Waals surface area (Å²) in [7, 11) is 0. The van der Waals surface area contributed by atoms with Crippen LogP contribution in [0.2, 0.25) is 0 Å². The summed E-state index contributed by atoms with van der Waals surface area (Å²) in [5.74, 6) is 2.07. The van der Waals surface area contributed by atoms with Gasteiger partial charge in [0.1, 0.15) is 5.75 Å². The molecule has 0 amide bonds.